The third-order valence-corrected chi connectivity index (χ3v) is 6.55. The molecule has 36 heavy (non-hydrogen) atoms. The molecule has 0 aliphatic carbocycles. The van der Waals surface area contributed by atoms with Crippen LogP contribution in [0.2, 0.25) is 0 Å². The van der Waals surface area contributed by atoms with Crippen LogP contribution in [0.5, 0.6) is 11.5 Å². The number of ether oxygens (including phenoxy) is 3. The number of benzene rings is 2. The van der Waals surface area contributed by atoms with Gasteiger partial charge in [-0.25, -0.2) is 17.6 Å². The molecule has 14 heteroatoms. The second-order valence-electron chi connectivity index (χ2n) is 7.43. The first-order valence-electron chi connectivity index (χ1n) is 10.4. The zero-order valence-corrected chi connectivity index (χ0v) is 20.3. The maximum atomic E-state index is 15.4. The number of sulfonamides is 1. The van der Waals surface area contributed by atoms with E-state index in [2.05, 4.69) is 25.0 Å². The lowest BCUT2D eigenvalue weighted by molar-refractivity contribution is 0.170. The first-order chi connectivity index (χ1) is 17.3. The first-order valence-corrected chi connectivity index (χ1v) is 11.9. The van der Waals surface area contributed by atoms with Crippen molar-refractivity contribution in [3.05, 3.63) is 59.7 Å². The van der Waals surface area contributed by atoms with Gasteiger partial charge in [-0.2, -0.15) is 5.10 Å². The number of hydrogen-bond acceptors (Lipinski definition) is 9. The number of hydrogen-bond donors (Lipinski definition) is 2. The van der Waals surface area contributed by atoms with Crippen molar-refractivity contribution in [2.45, 2.75) is 18.0 Å². The number of aromatic nitrogens is 3. The van der Waals surface area contributed by atoms with Crippen LogP contribution >= 0.6 is 0 Å². The Labute approximate surface area is 205 Å². The number of rotatable bonds is 9. The van der Waals surface area contributed by atoms with E-state index in [-0.39, 0.29) is 51.8 Å². The van der Waals surface area contributed by atoms with Crippen LogP contribution in [-0.4, -0.2) is 50.8 Å². The number of amides is 1. The molecule has 0 unspecified atom stereocenters. The molecule has 0 radical (unpaired) electrons. The maximum Gasteiger partial charge on any atom is 0.407 e. The number of para-hydroxylation sites is 1. The zero-order chi connectivity index (χ0) is 25.9. The van der Waals surface area contributed by atoms with Gasteiger partial charge in [0.05, 0.1) is 34.1 Å². The minimum absolute atomic E-state index is 0.000662. The van der Waals surface area contributed by atoms with Gasteiger partial charge in [0.1, 0.15) is 16.0 Å². The van der Waals surface area contributed by atoms with E-state index >= 15 is 4.39 Å². The van der Waals surface area contributed by atoms with E-state index < -0.39 is 21.9 Å². The summed E-state index contributed by atoms with van der Waals surface area (Å²) in [6.45, 7) is 0.175. The van der Waals surface area contributed by atoms with Crippen molar-refractivity contribution in [2.24, 2.45) is 0 Å². The quantitative estimate of drug-likeness (QED) is 0.341. The lowest BCUT2D eigenvalue weighted by atomic mass is 10.1. The van der Waals surface area contributed by atoms with Gasteiger partial charge in [0.2, 0.25) is 0 Å². The summed E-state index contributed by atoms with van der Waals surface area (Å²) in [5, 5.41) is 10.5. The molecule has 0 saturated carbocycles. The highest BCUT2D eigenvalue weighted by molar-refractivity contribution is 7.92. The summed E-state index contributed by atoms with van der Waals surface area (Å²) >= 11 is 0. The Morgan fingerprint density at radius 2 is 1.97 bits per heavy atom. The third kappa shape index (κ3) is 4.88. The van der Waals surface area contributed by atoms with Crippen LogP contribution in [0, 0.1) is 5.82 Å². The summed E-state index contributed by atoms with van der Waals surface area (Å²) in [5.74, 6) is -1.11. The molecule has 2 N–H and O–H groups in total. The van der Waals surface area contributed by atoms with Crippen LogP contribution in [0.3, 0.4) is 0 Å². The molecule has 2 aromatic heterocycles. The molecule has 4 rings (SSSR count). The van der Waals surface area contributed by atoms with Crippen molar-refractivity contribution >= 4 is 32.9 Å². The molecule has 2 heterocycles. The molecule has 4 aromatic rings. The maximum absolute atomic E-state index is 15.4. The highest BCUT2D eigenvalue weighted by Crippen LogP contribution is 2.38. The smallest absolute Gasteiger partial charge is 0.407 e. The average molecular weight is 520 g/mol. The Kier molecular flexibility index (Phi) is 6.96. The normalized spacial score (nSPS) is 11.3. The summed E-state index contributed by atoms with van der Waals surface area (Å²) in [6.07, 6.45) is 2.55. The number of methoxy groups -OCH3 is 3. The van der Waals surface area contributed by atoms with E-state index in [1.807, 2.05) is 0 Å². The van der Waals surface area contributed by atoms with Crippen LogP contribution < -0.4 is 19.5 Å². The van der Waals surface area contributed by atoms with Gasteiger partial charge in [-0.1, -0.05) is 17.3 Å². The molecule has 1 amide bonds. The molecule has 2 aromatic carbocycles. The summed E-state index contributed by atoms with van der Waals surface area (Å²) in [5.41, 5.74) is 0.924. The predicted molar refractivity (Wildman–Crippen MR) is 125 cm³/mol. The fourth-order valence-electron chi connectivity index (χ4n) is 3.50. The van der Waals surface area contributed by atoms with Crippen molar-refractivity contribution < 1.29 is 36.3 Å². The van der Waals surface area contributed by atoms with Crippen molar-refractivity contribution in [3.8, 4) is 11.5 Å². The molecular formula is C22H22FN5O7S. The van der Waals surface area contributed by atoms with Crippen LogP contribution in [0.25, 0.3) is 11.0 Å². The molecule has 0 atom stereocenters. The van der Waals surface area contributed by atoms with Crippen molar-refractivity contribution in [1.29, 1.82) is 0 Å². The Morgan fingerprint density at radius 1 is 1.19 bits per heavy atom. The Balaban J connectivity index is 1.64. The summed E-state index contributed by atoms with van der Waals surface area (Å²) in [7, 11) is -0.307. The van der Waals surface area contributed by atoms with Gasteiger partial charge in [0, 0.05) is 23.9 Å². The van der Waals surface area contributed by atoms with Gasteiger partial charge in [-0.3, -0.25) is 9.40 Å². The molecule has 0 aliphatic heterocycles. The molecule has 0 bridgehead atoms. The zero-order valence-electron chi connectivity index (χ0n) is 19.4. The molecule has 12 nitrogen and oxygen atoms in total. The van der Waals surface area contributed by atoms with Crippen LogP contribution in [-0.2, 0) is 27.8 Å². The van der Waals surface area contributed by atoms with Crippen molar-refractivity contribution in [2.75, 3.05) is 26.1 Å². The minimum atomic E-state index is -4.15. The Morgan fingerprint density at radius 3 is 2.69 bits per heavy atom. The van der Waals surface area contributed by atoms with Crippen molar-refractivity contribution in [3.63, 3.8) is 0 Å². The van der Waals surface area contributed by atoms with Gasteiger partial charge in [0.25, 0.3) is 10.0 Å². The number of anilines is 1. The Hall–Kier alpha value is -4.33. The molecule has 0 saturated heterocycles. The van der Waals surface area contributed by atoms with E-state index in [1.165, 1.54) is 56.5 Å². The number of halogens is 1. The number of alkyl carbamates (subject to hydrolysis) is 1. The first kappa shape index (κ1) is 24.8. The number of carbonyl (C=O) groups excluding carboxylic acids is 1. The molecule has 0 fully saturated rings. The number of nitrogens with zero attached hydrogens (tertiary/aromatic N) is 3. The molecule has 0 spiro atoms. The highest BCUT2D eigenvalue weighted by Gasteiger charge is 2.26. The number of nitrogens with one attached hydrogen (secondary N) is 2. The topological polar surface area (TPSA) is 147 Å². The van der Waals surface area contributed by atoms with Gasteiger partial charge < -0.3 is 24.1 Å². The summed E-state index contributed by atoms with van der Waals surface area (Å²) in [4.78, 5) is 11.1. The molecule has 0 aliphatic rings. The van der Waals surface area contributed by atoms with Gasteiger partial charge in [-0.15, -0.1) is 0 Å². The molecule has 190 valence electrons. The van der Waals surface area contributed by atoms with Crippen molar-refractivity contribution in [1.82, 2.24) is 20.3 Å². The summed E-state index contributed by atoms with van der Waals surface area (Å²) < 4.78 is 65.4. The molecular weight excluding hydrogens is 497 g/mol. The van der Waals surface area contributed by atoms with Gasteiger partial charge >= 0.3 is 6.09 Å². The van der Waals surface area contributed by atoms with E-state index in [1.54, 1.807) is 12.3 Å². The minimum Gasteiger partial charge on any atom is -0.495 e. The standard InChI is InChI=1S/C22H22FN5O7S/c1-32-15-6-4-5-7-17(15)36(30,31)27-21-18-16(35-26-21)8-14(19(23)20(18)33-2)12-28-11-13(10-25-28)9-24-22(29)34-3/h4-8,10-11H,9,12H2,1-3H3,(H,24,29)(H,26,27). The van der Waals surface area contributed by atoms with Gasteiger partial charge in [0.15, 0.2) is 23.0 Å². The predicted octanol–water partition coefficient (Wildman–Crippen LogP) is 2.89. The Bertz CT molecular complexity index is 1520. The van der Waals surface area contributed by atoms with E-state index in [4.69, 9.17) is 14.0 Å². The fourth-order valence-corrected chi connectivity index (χ4v) is 4.68. The number of carbonyl (C=O) groups is 1. The van der Waals surface area contributed by atoms with Crippen LogP contribution in [0.1, 0.15) is 11.1 Å². The summed E-state index contributed by atoms with van der Waals surface area (Å²) in [6, 6.07) is 7.40. The SMILES string of the molecule is COC(=O)NCc1cnn(Cc2cc3onc(NS(=O)(=O)c4ccccc4OC)c3c(OC)c2F)c1. The van der Waals surface area contributed by atoms with Crippen LogP contribution in [0.4, 0.5) is 15.0 Å². The monoisotopic (exact) mass is 519 g/mol. The highest BCUT2D eigenvalue weighted by atomic mass is 32.2. The van der Waals surface area contributed by atoms with E-state index in [0.29, 0.717) is 5.56 Å². The number of fused-ring (bicyclic) bond motifs is 1. The van der Waals surface area contributed by atoms with Gasteiger partial charge in [-0.05, 0) is 18.2 Å². The van der Waals surface area contributed by atoms with Crippen LogP contribution in [0.15, 0.2) is 52.1 Å². The third-order valence-electron chi connectivity index (χ3n) is 5.17. The lowest BCUT2D eigenvalue weighted by Crippen LogP contribution is -2.21. The lowest BCUT2D eigenvalue weighted by Gasteiger charge is -2.11. The second kappa shape index (κ2) is 10.1. The fraction of sp³-hybridized carbons (Fsp3) is 0.227. The second-order valence-corrected chi connectivity index (χ2v) is 9.09. The van der Waals surface area contributed by atoms with E-state index in [0.717, 1.165) is 0 Å². The van der Waals surface area contributed by atoms with E-state index in [9.17, 15) is 13.2 Å². The largest absolute Gasteiger partial charge is 0.495 e. The average Bonchev–Trinajstić information content (AvgIpc) is 3.49.